The smallest absolute Gasteiger partial charge is 0.0543 e. The summed E-state index contributed by atoms with van der Waals surface area (Å²) in [5.41, 5.74) is 2.79. The molecule has 0 radical (unpaired) electrons. The van der Waals surface area contributed by atoms with Gasteiger partial charge >= 0.3 is 0 Å². The van der Waals surface area contributed by atoms with Crippen LogP contribution in [0.15, 0.2) is 23.8 Å². The van der Waals surface area contributed by atoms with Gasteiger partial charge < -0.3 is 5.11 Å². The SMILES string of the molecule is CCC(/C=C/C(C)C1CC[C@H]2C3=CC[C@H]4CC(O)CC[C@]4(C)C3CC[C@]12C)C(C)C. The van der Waals surface area contributed by atoms with Crippen molar-refractivity contribution in [2.75, 3.05) is 0 Å². The molecule has 1 N–H and O–H groups in total. The van der Waals surface area contributed by atoms with E-state index in [1.54, 1.807) is 0 Å². The highest BCUT2D eigenvalue weighted by molar-refractivity contribution is 5.28. The fourth-order valence-corrected chi connectivity index (χ4v) is 8.68. The monoisotopic (exact) mass is 412 g/mol. The molecular weight excluding hydrogens is 364 g/mol. The summed E-state index contributed by atoms with van der Waals surface area (Å²) in [6, 6.07) is 0. The molecule has 30 heavy (non-hydrogen) atoms. The van der Waals surface area contributed by atoms with Gasteiger partial charge in [0, 0.05) is 0 Å². The second-order valence-electron chi connectivity index (χ2n) is 12.5. The third-order valence-electron chi connectivity index (χ3n) is 10.7. The number of fused-ring (bicyclic) bond motifs is 5. The van der Waals surface area contributed by atoms with Gasteiger partial charge in [0.25, 0.3) is 0 Å². The Bertz CT molecular complexity index is 674. The van der Waals surface area contributed by atoms with E-state index in [1.807, 2.05) is 5.57 Å². The van der Waals surface area contributed by atoms with Gasteiger partial charge in [-0.25, -0.2) is 0 Å². The van der Waals surface area contributed by atoms with Crippen LogP contribution in [0.25, 0.3) is 0 Å². The van der Waals surface area contributed by atoms with E-state index in [1.165, 1.54) is 44.9 Å². The molecule has 3 saturated carbocycles. The second-order valence-corrected chi connectivity index (χ2v) is 12.5. The van der Waals surface area contributed by atoms with Crippen molar-refractivity contribution in [3.63, 3.8) is 0 Å². The van der Waals surface area contributed by atoms with Crippen LogP contribution in [0.3, 0.4) is 0 Å². The zero-order valence-electron chi connectivity index (χ0n) is 20.7. The Balaban J connectivity index is 1.53. The molecule has 4 aliphatic carbocycles. The zero-order valence-corrected chi connectivity index (χ0v) is 20.7. The lowest BCUT2D eigenvalue weighted by molar-refractivity contribution is -0.0414. The summed E-state index contributed by atoms with van der Waals surface area (Å²) in [5.74, 6) is 5.32. The predicted octanol–water partition coefficient (Wildman–Crippen LogP) is 7.80. The number of rotatable bonds is 5. The van der Waals surface area contributed by atoms with E-state index in [9.17, 15) is 5.11 Å². The highest BCUT2D eigenvalue weighted by Gasteiger charge is 2.57. The Hall–Kier alpha value is -0.560. The lowest BCUT2D eigenvalue weighted by atomic mass is 9.47. The van der Waals surface area contributed by atoms with Gasteiger partial charge in [-0.3, -0.25) is 0 Å². The predicted molar refractivity (Wildman–Crippen MR) is 128 cm³/mol. The molecule has 3 fully saturated rings. The van der Waals surface area contributed by atoms with Crippen molar-refractivity contribution in [3.05, 3.63) is 23.8 Å². The van der Waals surface area contributed by atoms with Gasteiger partial charge in [0.15, 0.2) is 0 Å². The van der Waals surface area contributed by atoms with Gasteiger partial charge in [-0.2, -0.15) is 0 Å². The number of aliphatic hydroxyl groups excluding tert-OH is 1. The molecule has 0 aromatic heterocycles. The maximum absolute atomic E-state index is 10.3. The van der Waals surface area contributed by atoms with Crippen LogP contribution < -0.4 is 0 Å². The van der Waals surface area contributed by atoms with Crippen LogP contribution in [0.4, 0.5) is 0 Å². The maximum atomic E-state index is 10.3. The Labute approximate surface area is 186 Å². The molecule has 0 aromatic carbocycles. The highest BCUT2D eigenvalue weighted by atomic mass is 16.3. The van der Waals surface area contributed by atoms with Crippen LogP contribution in [-0.2, 0) is 0 Å². The van der Waals surface area contributed by atoms with Crippen molar-refractivity contribution < 1.29 is 5.11 Å². The van der Waals surface area contributed by atoms with Gasteiger partial charge in [0.1, 0.15) is 0 Å². The number of allylic oxidation sites excluding steroid dienone is 4. The molecule has 5 unspecified atom stereocenters. The summed E-state index contributed by atoms with van der Waals surface area (Å²) in [7, 11) is 0. The van der Waals surface area contributed by atoms with E-state index in [2.05, 4.69) is 59.8 Å². The maximum Gasteiger partial charge on any atom is 0.0543 e. The normalized spacial score (nSPS) is 45.6. The molecule has 4 aliphatic rings. The summed E-state index contributed by atoms with van der Waals surface area (Å²) in [6.45, 7) is 14.8. The minimum Gasteiger partial charge on any atom is -0.393 e. The molecule has 4 rings (SSSR count). The molecular formula is C29H48O. The highest BCUT2D eigenvalue weighted by Crippen LogP contribution is 2.66. The zero-order chi connectivity index (χ0) is 21.7. The van der Waals surface area contributed by atoms with Crippen molar-refractivity contribution in [1.29, 1.82) is 0 Å². The fraction of sp³-hybridized carbons (Fsp3) is 0.862. The molecule has 0 bridgehead atoms. The quantitative estimate of drug-likeness (QED) is 0.457. The van der Waals surface area contributed by atoms with E-state index in [0.29, 0.717) is 22.7 Å². The molecule has 1 heteroatoms. The van der Waals surface area contributed by atoms with Crippen molar-refractivity contribution in [1.82, 2.24) is 0 Å². The number of aliphatic hydroxyl groups is 1. The topological polar surface area (TPSA) is 20.2 Å². The average molecular weight is 413 g/mol. The largest absolute Gasteiger partial charge is 0.393 e. The molecule has 0 spiro atoms. The summed E-state index contributed by atoms with van der Waals surface area (Å²) in [5, 5.41) is 10.3. The second kappa shape index (κ2) is 8.42. The van der Waals surface area contributed by atoms with Crippen LogP contribution in [0.5, 0.6) is 0 Å². The Kier molecular flexibility index (Phi) is 6.35. The van der Waals surface area contributed by atoms with E-state index in [-0.39, 0.29) is 6.10 Å². The number of hydrogen-bond acceptors (Lipinski definition) is 1. The van der Waals surface area contributed by atoms with Gasteiger partial charge in [-0.05, 0) is 110 Å². The van der Waals surface area contributed by atoms with E-state index in [4.69, 9.17) is 0 Å². The van der Waals surface area contributed by atoms with E-state index in [0.717, 1.165) is 42.4 Å². The van der Waals surface area contributed by atoms with E-state index >= 15 is 0 Å². The molecule has 0 aromatic rings. The van der Waals surface area contributed by atoms with Crippen LogP contribution in [0.2, 0.25) is 0 Å². The lowest BCUT2D eigenvalue weighted by Crippen LogP contribution is -2.49. The Morgan fingerprint density at radius 1 is 1.00 bits per heavy atom. The first-order valence-corrected chi connectivity index (χ1v) is 13.3. The molecule has 0 saturated heterocycles. The van der Waals surface area contributed by atoms with Gasteiger partial charge in [0.2, 0.25) is 0 Å². The molecule has 1 nitrogen and oxygen atoms in total. The molecule has 0 amide bonds. The first kappa shape index (κ1) is 22.6. The average Bonchev–Trinajstić information content (AvgIpc) is 3.06. The number of hydrogen-bond donors (Lipinski definition) is 1. The Morgan fingerprint density at radius 2 is 1.70 bits per heavy atom. The van der Waals surface area contributed by atoms with Gasteiger partial charge in [-0.1, -0.05) is 65.3 Å². The fourth-order valence-electron chi connectivity index (χ4n) is 8.68. The molecule has 170 valence electrons. The third kappa shape index (κ3) is 3.66. The van der Waals surface area contributed by atoms with Crippen LogP contribution in [-0.4, -0.2) is 11.2 Å². The molecule has 0 heterocycles. The molecule has 0 aliphatic heterocycles. The standard InChI is InChI=1S/C29H48O/c1-7-21(19(2)3)9-8-20(4)25-12-13-26-24-11-10-22-18-23(30)14-16-28(22,5)27(24)15-17-29(25,26)6/h8-9,11,19-23,25-27,30H,7,10,12-18H2,1-6H3/b9-8+/t20?,21?,22-,23?,25?,26-,27?,28-,29+/m0/s1. The van der Waals surface area contributed by atoms with Crippen molar-refractivity contribution >= 4 is 0 Å². The minimum atomic E-state index is -0.0480. The van der Waals surface area contributed by atoms with Crippen LogP contribution in [0.1, 0.15) is 99.3 Å². The van der Waals surface area contributed by atoms with E-state index < -0.39 is 0 Å². The first-order valence-electron chi connectivity index (χ1n) is 13.3. The van der Waals surface area contributed by atoms with Gasteiger partial charge in [0.05, 0.1) is 6.10 Å². The molecule has 9 atom stereocenters. The summed E-state index contributed by atoms with van der Waals surface area (Å²) >= 11 is 0. The van der Waals surface area contributed by atoms with Crippen LogP contribution in [0, 0.1) is 52.3 Å². The minimum absolute atomic E-state index is 0.0480. The first-order chi connectivity index (χ1) is 14.2. The third-order valence-corrected chi connectivity index (χ3v) is 10.7. The Morgan fingerprint density at radius 3 is 2.40 bits per heavy atom. The van der Waals surface area contributed by atoms with Crippen molar-refractivity contribution in [3.8, 4) is 0 Å². The van der Waals surface area contributed by atoms with Crippen LogP contribution >= 0.6 is 0 Å². The van der Waals surface area contributed by atoms with Crippen molar-refractivity contribution in [2.24, 2.45) is 52.3 Å². The summed E-state index contributed by atoms with van der Waals surface area (Å²) in [4.78, 5) is 0. The van der Waals surface area contributed by atoms with Gasteiger partial charge in [-0.15, -0.1) is 0 Å². The summed E-state index contributed by atoms with van der Waals surface area (Å²) < 4.78 is 0. The summed E-state index contributed by atoms with van der Waals surface area (Å²) in [6.07, 6.45) is 19.2. The lowest BCUT2D eigenvalue weighted by Gasteiger charge is -2.57. The van der Waals surface area contributed by atoms with Crippen molar-refractivity contribution in [2.45, 2.75) is 105 Å².